The van der Waals surface area contributed by atoms with Crippen LogP contribution in [0.4, 0.5) is 5.69 Å². The van der Waals surface area contributed by atoms with E-state index in [4.69, 9.17) is 9.15 Å². The van der Waals surface area contributed by atoms with Crippen molar-refractivity contribution in [3.05, 3.63) is 82.2 Å². The molecule has 0 bridgehead atoms. The number of fused-ring (bicyclic) bond motifs is 1. The molecule has 0 spiro atoms. The minimum atomic E-state index is -0.517. The average molecular weight is 349 g/mol. The summed E-state index contributed by atoms with van der Waals surface area (Å²) in [6.45, 7) is 7.77. The van der Waals surface area contributed by atoms with E-state index in [0.29, 0.717) is 29.0 Å². The summed E-state index contributed by atoms with van der Waals surface area (Å²) in [4.78, 5) is 24.9. The van der Waals surface area contributed by atoms with Crippen molar-refractivity contribution in [2.24, 2.45) is 0 Å². The van der Waals surface area contributed by atoms with Gasteiger partial charge in [0, 0.05) is 6.07 Å². The van der Waals surface area contributed by atoms with Gasteiger partial charge >= 0.3 is 0 Å². The Bertz CT molecular complexity index is 1050. The number of amides is 1. The highest BCUT2D eigenvalue weighted by molar-refractivity contribution is 6.03. The average Bonchev–Trinajstić information content (AvgIpc) is 2.62. The van der Waals surface area contributed by atoms with Gasteiger partial charge in [0.25, 0.3) is 5.91 Å². The van der Waals surface area contributed by atoms with E-state index in [9.17, 15) is 9.59 Å². The monoisotopic (exact) mass is 349 g/mol. The van der Waals surface area contributed by atoms with Crippen molar-refractivity contribution >= 4 is 22.6 Å². The second-order valence-electron chi connectivity index (χ2n) is 5.96. The van der Waals surface area contributed by atoms with Crippen LogP contribution < -0.4 is 15.5 Å². The Hall–Kier alpha value is -3.34. The normalized spacial score (nSPS) is 10.5. The van der Waals surface area contributed by atoms with E-state index in [1.807, 2.05) is 13.8 Å². The molecule has 1 N–H and O–H groups in total. The maximum Gasteiger partial charge on any atom is 0.291 e. The van der Waals surface area contributed by atoms with Crippen LogP contribution in [-0.4, -0.2) is 12.5 Å². The van der Waals surface area contributed by atoms with Crippen LogP contribution in [0.15, 0.2) is 64.3 Å². The Balaban J connectivity index is 1.95. The number of benzene rings is 2. The van der Waals surface area contributed by atoms with Gasteiger partial charge in [-0.25, -0.2) is 0 Å². The van der Waals surface area contributed by atoms with E-state index in [1.165, 1.54) is 6.07 Å². The first-order chi connectivity index (χ1) is 12.5. The Morgan fingerprint density at radius 1 is 1.19 bits per heavy atom. The standard InChI is InChI=1S/C21H19NO4/c1-4-9-25-18-8-6-5-7-16(18)22-21(24)20-12-17(23)15-10-13(2)14(3)11-19(15)26-20/h4-8,10-12H,1,9H2,2-3H3,(H,22,24). The van der Waals surface area contributed by atoms with Gasteiger partial charge in [0.1, 0.15) is 17.9 Å². The van der Waals surface area contributed by atoms with Gasteiger partial charge < -0.3 is 14.5 Å². The van der Waals surface area contributed by atoms with E-state index in [0.717, 1.165) is 11.1 Å². The first-order valence-electron chi connectivity index (χ1n) is 8.19. The molecule has 5 heteroatoms. The van der Waals surface area contributed by atoms with Crippen LogP contribution in [0.5, 0.6) is 5.75 Å². The van der Waals surface area contributed by atoms with E-state index >= 15 is 0 Å². The van der Waals surface area contributed by atoms with Crippen molar-refractivity contribution in [3.8, 4) is 5.75 Å². The fraction of sp³-hybridized carbons (Fsp3) is 0.143. The van der Waals surface area contributed by atoms with E-state index in [-0.39, 0.29) is 11.2 Å². The molecule has 5 nitrogen and oxygen atoms in total. The van der Waals surface area contributed by atoms with Crippen molar-refractivity contribution in [1.29, 1.82) is 0 Å². The molecule has 1 heterocycles. The van der Waals surface area contributed by atoms with Gasteiger partial charge in [-0.15, -0.1) is 0 Å². The molecule has 0 aliphatic carbocycles. The molecule has 0 aliphatic heterocycles. The van der Waals surface area contributed by atoms with Crippen LogP contribution in [0.2, 0.25) is 0 Å². The molecule has 3 rings (SSSR count). The molecular weight excluding hydrogens is 330 g/mol. The smallest absolute Gasteiger partial charge is 0.291 e. The zero-order valence-electron chi connectivity index (χ0n) is 14.7. The number of hydrogen-bond acceptors (Lipinski definition) is 4. The number of carbonyl (C=O) groups is 1. The number of ether oxygens (including phenoxy) is 1. The zero-order valence-corrected chi connectivity index (χ0v) is 14.7. The molecule has 0 aliphatic rings. The summed E-state index contributed by atoms with van der Waals surface area (Å²) in [5, 5.41) is 3.18. The number of aryl methyl sites for hydroxylation is 2. The zero-order chi connectivity index (χ0) is 18.7. The highest BCUT2D eigenvalue weighted by atomic mass is 16.5. The molecule has 0 fully saturated rings. The third kappa shape index (κ3) is 3.52. The first kappa shape index (κ1) is 17.5. The quantitative estimate of drug-likeness (QED) is 0.700. The predicted molar refractivity (Wildman–Crippen MR) is 102 cm³/mol. The Morgan fingerprint density at radius 2 is 1.92 bits per heavy atom. The lowest BCUT2D eigenvalue weighted by atomic mass is 10.1. The van der Waals surface area contributed by atoms with Crippen molar-refractivity contribution < 1.29 is 13.9 Å². The summed E-state index contributed by atoms with van der Waals surface area (Å²) in [5.41, 5.74) is 2.61. The third-order valence-corrected chi connectivity index (χ3v) is 4.06. The number of hydrogen-bond donors (Lipinski definition) is 1. The molecule has 1 aromatic heterocycles. The maximum atomic E-state index is 12.6. The minimum absolute atomic E-state index is 0.0516. The number of carbonyl (C=O) groups excluding carboxylic acids is 1. The molecule has 2 aromatic carbocycles. The highest BCUT2D eigenvalue weighted by Crippen LogP contribution is 2.25. The van der Waals surface area contributed by atoms with E-state index in [2.05, 4.69) is 11.9 Å². The van der Waals surface area contributed by atoms with Gasteiger partial charge in [0.05, 0.1) is 11.1 Å². The van der Waals surface area contributed by atoms with Gasteiger partial charge in [0.15, 0.2) is 11.2 Å². The molecule has 26 heavy (non-hydrogen) atoms. The van der Waals surface area contributed by atoms with E-state index in [1.54, 1.807) is 42.5 Å². The highest BCUT2D eigenvalue weighted by Gasteiger charge is 2.15. The Morgan fingerprint density at radius 3 is 2.69 bits per heavy atom. The van der Waals surface area contributed by atoms with Crippen molar-refractivity contribution in [1.82, 2.24) is 0 Å². The summed E-state index contributed by atoms with van der Waals surface area (Å²) in [5.74, 6) is -0.0588. The predicted octanol–water partition coefficient (Wildman–Crippen LogP) is 4.23. The summed E-state index contributed by atoms with van der Waals surface area (Å²) in [7, 11) is 0. The summed E-state index contributed by atoms with van der Waals surface area (Å²) < 4.78 is 11.2. The fourth-order valence-corrected chi connectivity index (χ4v) is 2.55. The number of para-hydroxylation sites is 2. The molecule has 0 saturated carbocycles. The van der Waals surface area contributed by atoms with Gasteiger partial charge in [-0.1, -0.05) is 24.8 Å². The number of rotatable bonds is 5. The third-order valence-electron chi connectivity index (χ3n) is 4.06. The summed E-state index contributed by atoms with van der Waals surface area (Å²) in [6.07, 6.45) is 1.62. The molecule has 0 atom stereocenters. The molecule has 132 valence electrons. The number of nitrogens with one attached hydrogen (secondary N) is 1. The van der Waals surface area contributed by atoms with Gasteiger partial charge in [-0.2, -0.15) is 0 Å². The van der Waals surface area contributed by atoms with Crippen LogP contribution in [-0.2, 0) is 0 Å². The SMILES string of the molecule is C=CCOc1ccccc1NC(=O)c1cc(=O)c2cc(C)c(C)cc2o1. The summed E-state index contributed by atoms with van der Waals surface area (Å²) >= 11 is 0. The largest absolute Gasteiger partial charge is 0.487 e. The molecular formula is C21H19NO4. The van der Waals surface area contributed by atoms with Crippen molar-refractivity contribution in [2.75, 3.05) is 11.9 Å². The molecule has 0 unspecified atom stereocenters. The lowest BCUT2D eigenvalue weighted by molar-refractivity contribution is 0.0996. The first-order valence-corrected chi connectivity index (χ1v) is 8.19. The molecule has 0 saturated heterocycles. The van der Waals surface area contributed by atoms with Crippen LogP contribution in [0.1, 0.15) is 21.7 Å². The van der Waals surface area contributed by atoms with E-state index < -0.39 is 5.91 Å². The minimum Gasteiger partial charge on any atom is -0.487 e. The Kier molecular flexibility index (Phi) is 4.89. The van der Waals surface area contributed by atoms with Crippen LogP contribution in [0.3, 0.4) is 0 Å². The lowest BCUT2D eigenvalue weighted by Gasteiger charge is -2.11. The second kappa shape index (κ2) is 7.27. The van der Waals surface area contributed by atoms with Crippen LogP contribution in [0, 0.1) is 13.8 Å². The molecule has 3 aromatic rings. The molecule has 1 amide bonds. The maximum absolute atomic E-state index is 12.6. The van der Waals surface area contributed by atoms with Crippen LogP contribution in [0.25, 0.3) is 11.0 Å². The van der Waals surface area contributed by atoms with Crippen molar-refractivity contribution in [2.45, 2.75) is 13.8 Å². The van der Waals surface area contributed by atoms with Gasteiger partial charge in [-0.05, 0) is 49.2 Å². The van der Waals surface area contributed by atoms with Crippen molar-refractivity contribution in [3.63, 3.8) is 0 Å². The fourth-order valence-electron chi connectivity index (χ4n) is 2.55. The van der Waals surface area contributed by atoms with Gasteiger partial charge in [-0.3, -0.25) is 9.59 Å². The van der Waals surface area contributed by atoms with Gasteiger partial charge in [0.2, 0.25) is 0 Å². The number of anilines is 1. The second-order valence-corrected chi connectivity index (χ2v) is 5.96. The topological polar surface area (TPSA) is 68.5 Å². The summed E-state index contributed by atoms with van der Waals surface area (Å²) in [6, 6.07) is 11.8. The lowest BCUT2D eigenvalue weighted by Crippen LogP contribution is -2.15. The van der Waals surface area contributed by atoms with Crippen LogP contribution >= 0.6 is 0 Å². The Labute approximate surface area is 150 Å². The molecule has 0 radical (unpaired) electrons.